The zero-order valence-electron chi connectivity index (χ0n) is 11.6. The maximum absolute atomic E-state index is 11.8. The van der Waals surface area contributed by atoms with E-state index in [4.69, 9.17) is 9.15 Å². The second-order valence-electron chi connectivity index (χ2n) is 6.31. The molecule has 19 heavy (non-hydrogen) atoms. The molecule has 1 aromatic rings. The molecular weight excluding hydrogens is 244 g/mol. The topological polar surface area (TPSA) is 63.5 Å². The number of hydrogen-bond donors (Lipinski definition) is 2. The summed E-state index contributed by atoms with van der Waals surface area (Å²) in [6.45, 7) is 6.46. The molecule has 2 aliphatic rings. The minimum absolute atomic E-state index is 0.0666. The summed E-state index contributed by atoms with van der Waals surface area (Å²) in [5, 5.41) is 6.38. The Balaban J connectivity index is 1.65. The summed E-state index contributed by atoms with van der Waals surface area (Å²) in [6, 6.07) is 0.370. The Hall–Kier alpha value is -1.49. The zero-order valence-corrected chi connectivity index (χ0v) is 11.6. The van der Waals surface area contributed by atoms with Gasteiger partial charge in [-0.05, 0) is 27.2 Å². The van der Waals surface area contributed by atoms with Crippen molar-refractivity contribution in [2.24, 2.45) is 0 Å². The zero-order chi connectivity index (χ0) is 13.6. The van der Waals surface area contributed by atoms with Crippen LogP contribution in [0.15, 0.2) is 10.7 Å². The van der Waals surface area contributed by atoms with Crippen LogP contribution in [0, 0.1) is 0 Å². The molecule has 3 rings (SSSR count). The maximum Gasteiger partial charge on any atom is 0.407 e. The molecule has 0 bridgehead atoms. The van der Waals surface area contributed by atoms with Crippen molar-refractivity contribution in [3.63, 3.8) is 0 Å². The fourth-order valence-electron chi connectivity index (χ4n) is 2.87. The largest absolute Gasteiger partial charge is 0.469 e. The Morgan fingerprint density at radius 1 is 1.53 bits per heavy atom. The Labute approximate surface area is 112 Å². The maximum atomic E-state index is 11.8. The molecule has 2 unspecified atom stereocenters. The summed E-state index contributed by atoms with van der Waals surface area (Å²) in [5.74, 6) is 0.998. The van der Waals surface area contributed by atoms with Gasteiger partial charge in [0.05, 0.1) is 6.26 Å². The first-order valence-corrected chi connectivity index (χ1v) is 6.74. The third kappa shape index (κ3) is 2.47. The summed E-state index contributed by atoms with van der Waals surface area (Å²) in [5.41, 5.74) is 2.10. The average molecular weight is 264 g/mol. The van der Waals surface area contributed by atoms with E-state index in [0.29, 0.717) is 6.04 Å². The number of alkyl carbamates (subject to hydrolysis) is 1. The molecule has 2 N–H and O–H groups in total. The summed E-state index contributed by atoms with van der Waals surface area (Å²) in [6.07, 6.45) is 3.10. The smallest absolute Gasteiger partial charge is 0.407 e. The Morgan fingerprint density at radius 3 is 3.05 bits per heavy atom. The number of furan rings is 1. The second-order valence-corrected chi connectivity index (χ2v) is 6.31. The van der Waals surface area contributed by atoms with E-state index in [2.05, 4.69) is 10.6 Å². The van der Waals surface area contributed by atoms with E-state index < -0.39 is 5.60 Å². The van der Waals surface area contributed by atoms with Crippen LogP contribution < -0.4 is 10.6 Å². The van der Waals surface area contributed by atoms with Gasteiger partial charge in [-0.25, -0.2) is 4.79 Å². The number of carbonyl (C=O) groups excluding carboxylic acids is 1. The van der Waals surface area contributed by atoms with Crippen LogP contribution in [0.5, 0.6) is 0 Å². The standard InChI is InChI=1S/C14H20N2O3/c1-14(2,3)19-13(17)16-9-4-10-12-8(6-15-10)7-18-11(12)5-9/h7,9-10,15H,4-6H2,1-3H3,(H,16,17). The van der Waals surface area contributed by atoms with Crippen LogP contribution in [0.1, 0.15) is 50.1 Å². The highest BCUT2D eigenvalue weighted by atomic mass is 16.6. The van der Waals surface area contributed by atoms with Gasteiger partial charge in [-0.2, -0.15) is 0 Å². The van der Waals surface area contributed by atoms with Crippen LogP contribution in [0.2, 0.25) is 0 Å². The highest BCUT2D eigenvalue weighted by molar-refractivity contribution is 5.68. The third-order valence-electron chi connectivity index (χ3n) is 3.55. The van der Waals surface area contributed by atoms with Gasteiger partial charge in [-0.1, -0.05) is 0 Å². The van der Waals surface area contributed by atoms with Gasteiger partial charge in [0.2, 0.25) is 0 Å². The van der Waals surface area contributed by atoms with Crippen molar-refractivity contribution in [2.75, 3.05) is 0 Å². The lowest BCUT2D eigenvalue weighted by Crippen LogP contribution is -2.43. The van der Waals surface area contributed by atoms with E-state index in [1.165, 1.54) is 11.1 Å². The van der Waals surface area contributed by atoms with Gasteiger partial charge in [0.25, 0.3) is 0 Å². The van der Waals surface area contributed by atoms with E-state index in [0.717, 1.165) is 25.1 Å². The van der Waals surface area contributed by atoms with E-state index in [-0.39, 0.29) is 12.1 Å². The highest BCUT2D eigenvalue weighted by Gasteiger charge is 2.36. The van der Waals surface area contributed by atoms with Crippen LogP contribution in [0.4, 0.5) is 4.79 Å². The number of ether oxygens (including phenoxy) is 1. The van der Waals surface area contributed by atoms with Crippen LogP contribution in [-0.2, 0) is 17.7 Å². The fraction of sp³-hybridized carbons (Fsp3) is 0.643. The molecule has 0 radical (unpaired) electrons. The van der Waals surface area contributed by atoms with Gasteiger partial charge in [0.15, 0.2) is 0 Å². The van der Waals surface area contributed by atoms with Crippen molar-refractivity contribution < 1.29 is 13.9 Å². The van der Waals surface area contributed by atoms with Gasteiger partial charge < -0.3 is 19.8 Å². The predicted octanol–water partition coefficient (Wildman–Crippen LogP) is 2.26. The minimum Gasteiger partial charge on any atom is -0.469 e. The summed E-state index contributed by atoms with van der Waals surface area (Å²) < 4.78 is 10.9. The minimum atomic E-state index is -0.465. The third-order valence-corrected chi connectivity index (χ3v) is 3.55. The summed E-state index contributed by atoms with van der Waals surface area (Å²) in [4.78, 5) is 11.8. The molecule has 0 fully saturated rings. The lowest BCUT2D eigenvalue weighted by Gasteiger charge is -2.28. The van der Waals surface area contributed by atoms with Gasteiger partial charge in [0.1, 0.15) is 11.4 Å². The summed E-state index contributed by atoms with van der Waals surface area (Å²) in [7, 11) is 0. The monoisotopic (exact) mass is 264 g/mol. The van der Waals surface area contributed by atoms with Crippen molar-refractivity contribution in [3.05, 3.63) is 23.2 Å². The van der Waals surface area contributed by atoms with Crippen molar-refractivity contribution in [2.45, 2.75) is 57.8 Å². The summed E-state index contributed by atoms with van der Waals surface area (Å²) >= 11 is 0. The first kappa shape index (κ1) is 12.5. The van der Waals surface area contributed by atoms with E-state index in [1.54, 1.807) is 0 Å². The number of carbonyl (C=O) groups is 1. The number of hydrogen-bond acceptors (Lipinski definition) is 4. The van der Waals surface area contributed by atoms with Crippen LogP contribution >= 0.6 is 0 Å². The molecule has 1 aromatic heterocycles. The van der Waals surface area contributed by atoms with Gasteiger partial charge >= 0.3 is 6.09 Å². The van der Waals surface area contributed by atoms with Crippen molar-refractivity contribution in [1.29, 1.82) is 0 Å². The Bertz CT molecular complexity index is 501. The molecule has 1 amide bonds. The molecule has 0 saturated heterocycles. The molecule has 5 heteroatoms. The quantitative estimate of drug-likeness (QED) is 0.816. The first-order valence-electron chi connectivity index (χ1n) is 6.74. The van der Waals surface area contributed by atoms with Crippen LogP contribution in [0.3, 0.4) is 0 Å². The van der Waals surface area contributed by atoms with Crippen molar-refractivity contribution in [3.8, 4) is 0 Å². The Kier molecular flexibility index (Phi) is 2.82. The molecule has 1 aliphatic heterocycles. The predicted molar refractivity (Wildman–Crippen MR) is 69.8 cm³/mol. The number of amides is 1. The molecule has 0 aromatic carbocycles. The molecule has 2 heterocycles. The number of rotatable bonds is 1. The first-order chi connectivity index (χ1) is 8.92. The molecule has 104 valence electrons. The molecular formula is C14H20N2O3. The molecule has 5 nitrogen and oxygen atoms in total. The van der Waals surface area contributed by atoms with Gasteiger partial charge in [0, 0.05) is 36.2 Å². The van der Waals surface area contributed by atoms with E-state index >= 15 is 0 Å². The average Bonchev–Trinajstić information content (AvgIpc) is 2.83. The fourth-order valence-corrected chi connectivity index (χ4v) is 2.87. The van der Waals surface area contributed by atoms with Gasteiger partial charge in [-0.15, -0.1) is 0 Å². The lowest BCUT2D eigenvalue weighted by atomic mass is 9.90. The Morgan fingerprint density at radius 2 is 2.32 bits per heavy atom. The van der Waals surface area contributed by atoms with E-state index in [1.807, 2.05) is 27.0 Å². The lowest BCUT2D eigenvalue weighted by molar-refractivity contribution is 0.0495. The molecule has 0 spiro atoms. The highest BCUT2D eigenvalue weighted by Crippen LogP contribution is 2.38. The van der Waals surface area contributed by atoms with E-state index in [9.17, 15) is 4.79 Å². The number of nitrogens with one attached hydrogen (secondary N) is 2. The molecule has 2 atom stereocenters. The second kappa shape index (κ2) is 4.27. The van der Waals surface area contributed by atoms with Crippen molar-refractivity contribution in [1.82, 2.24) is 10.6 Å². The molecule has 1 aliphatic carbocycles. The SMILES string of the molecule is CC(C)(C)OC(=O)NC1Cc2occ3c2C(C1)NC3. The molecule has 0 saturated carbocycles. The van der Waals surface area contributed by atoms with Crippen LogP contribution in [0.25, 0.3) is 0 Å². The normalized spacial score (nSPS) is 25.0. The van der Waals surface area contributed by atoms with Gasteiger partial charge in [-0.3, -0.25) is 0 Å². The van der Waals surface area contributed by atoms with Crippen molar-refractivity contribution >= 4 is 6.09 Å². The van der Waals surface area contributed by atoms with Crippen LogP contribution in [-0.4, -0.2) is 17.7 Å².